The molecule has 4 nitrogen and oxygen atoms in total. The van der Waals surface area contributed by atoms with Gasteiger partial charge in [0.15, 0.2) is 0 Å². The fourth-order valence-electron chi connectivity index (χ4n) is 1.80. The van der Waals surface area contributed by atoms with Gasteiger partial charge in [-0.1, -0.05) is 20.3 Å². The first kappa shape index (κ1) is 13.5. The molecule has 0 radical (unpaired) electrons. The molecule has 1 atom stereocenters. The molecule has 94 valence electrons. The average Bonchev–Trinajstić information content (AvgIpc) is 2.28. The quantitative estimate of drug-likeness (QED) is 0.796. The minimum Gasteiger partial charge on any atom is -0.478 e. The third-order valence-corrected chi connectivity index (χ3v) is 2.76. The summed E-state index contributed by atoms with van der Waals surface area (Å²) in [6.45, 7) is 6.08. The fraction of sp³-hybridized carbons (Fsp3) is 0.538. The van der Waals surface area contributed by atoms with Crippen molar-refractivity contribution in [2.24, 2.45) is 0 Å². The number of aromatic carboxylic acids is 1. The van der Waals surface area contributed by atoms with Gasteiger partial charge < -0.3 is 10.4 Å². The molecule has 1 unspecified atom stereocenters. The van der Waals surface area contributed by atoms with Crippen LogP contribution in [0.15, 0.2) is 12.3 Å². The van der Waals surface area contributed by atoms with E-state index in [0.29, 0.717) is 11.7 Å². The second-order valence-electron chi connectivity index (χ2n) is 4.21. The topological polar surface area (TPSA) is 62.2 Å². The van der Waals surface area contributed by atoms with Crippen LogP contribution in [0, 0.1) is 6.92 Å². The molecule has 0 spiro atoms. The van der Waals surface area contributed by atoms with Crippen LogP contribution in [0.4, 0.5) is 5.69 Å². The van der Waals surface area contributed by atoms with Crippen molar-refractivity contribution in [2.45, 2.75) is 46.1 Å². The van der Waals surface area contributed by atoms with E-state index in [1.54, 1.807) is 6.07 Å². The molecule has 1 heterocycles. The number of pyridine rings is 1. The Bertz CT molecular complexity index is 391. The lowest BCUT2D eigenvalue weighted by Gasteiger charge is -2.19. The van der Waals surface area contributed by atoms with E-state index in [4.69, 9.17) is 5.11 Å². The van der Waals surface area contributed by atoms with Gasteiger partial charge in [0.05, 0.1) is 5.69 Å². The van der Waals surface area contributed by atoms with Crippen molar-refractivity contribution in [3.8, 4) is 0 Å². The van der Waals surface area contributed by atoms with Crippen LogP contribution in [-0.2, 0) is 0 Å². The van der Waals surface area contributed by atoms with E-state index in [9.17, 15) is 4.79 Å². The Kier molecular flexibility index (Phi) is 4.94. The van der Waals surface area contributed by atoms with Crippen LogP contribution in [0.5, 0.6) is 0 Å². The van der Waals surface area contributed by atoms with Gasteiger partial charge in [0.1, 0.15) is 5.56 Å². The zero-order chi connectivity index (χ0) is 12.8. The summed E-state index contributed by atoms with van der Waals surface area (Å²) in [6.07, 6.45) is 4.52. The predicted octanol–water partition coefficient (Wildman–Crippen LogP) is 3.08. The molecule has 0 aliphatic heterocycles. The lowest BCUT2D eigenvalue weighted by Crippen LogP contribution is -2.20. The Labute approximate surface area is 102 Å². The largest absolute Gasteiger partial charge is 0.478 e. The standard InChI is InChI=1S/C13H20N2O2/c1-4-6-10(5-2)15-12-7-9(3)14-8-11(12)13(16)17/h7-8,10H,4-6H2,1-3H3,(H,14,15)(H,16,17). The van der Waals surface area contributed by atoms with Crippen molar-refractivity contribution < 1.29 is 9.90 Å². The molecular weight excluding hydrogens is 216 g/mol. The molecule has 0 amide bonds. The van der Waals surface area contributed by atoms with E-state index in [2.05, 4.69) is 24.1 Å². The maximum absolute atomic E-state index is 11.1. The number of nitrogens with one attached hydrogen (secondary N) is 1. The third kappa shape index (κ3) is 3.73. The van der Waals surface area contributed by atoms with Crippen molar-refractivity contribution in [1.82, 2.24) is 4.98 Å². The average molecular weight is 236 g/mol. The molecule has 1 rings (SSSR count). The van der Waals surface area contributed by atoms with Gasteiger partial charge in [-0.05, 0) is 25.8 Å². The lowest BCUT2D eigenvalue weighted by molar-refractivity contribution is 0.0697. The van der Waals surface area contributed by atoms with E-state index < -0.39 is 5.97 Å². The number of hydrogen-bond acceptors (Lipinski definition) is 3. The van der Waals surface area contributed by atoms with Crippen molar-refractivity contribution >= 4 is 11.7 Å². The molecule has 0 fully saturated rings. The molecular formula is C13H20N2O2. The monoisotopic (exact) mass is 236 g/mol. The van der Waals surface area contributed by atoms with Crippen LogP contribution in [0.3, 0.4) is 0 Å². The van der Waals surface area contributed by atoms with Gasteiger partial charge in [-0.25, -0.2) is 4.79 Å². The second-order valence-corrected chi connectivity index (χ2v) is 4.21. The number of aryl methyl sites for hydroxylation is 1. The molecule has 0 saturated heterocycles. The maximum atomic E-state index is 11.1. The molecule has 0 saturated carbocycles. The van der Waals surface area contributed by atoms with Gasteiger partial charge in [-0.15, -0.1) is 0 Å². The van der Waals surface area contributed by atoms with Crippen molar-refractivity contribution in [2.75, 3.05) is 5.32 Å². The number of hydrogen-bond donors (Lipinski definition) is 2. The van der Waals surface area contributed by atoms with Gasteiger partial charge >= 0.3 is 5.97 Å². The number of rotatable bonds is 6. The first-order valence-corrected chi connectivity index (χ1v) is 6.04. The summed E-state index contributed by atoms with van der Waals surface area (Å²) < 4.78 is 0. The lowest BCUT2D eigenvalue weighted by atomic mass is 10.1. The Morgan fingerprint density at radius 1 is 1.53 bits per heavy atom. The van der Waals surface area contributed by atoms with Crippen molar-refractivity contribution in [1.29, 1.82) is 0 Å². The maximum Gasteiger partial charge on any atom is 0.339 e. The van der Waals surface area contributed by atoms with Crippen LogP contribution in [0.25, 0.3) is 0 Å². The Morgan fingerprint density at radius 2 is 2.24 bits per heavy atom. The minimum absolute atomic E-state index is 0.241. The highest BCUT2D eigenvalue weighted by atomic mass is 16.4. The van der Waals surface area contributed by atoms with Gasteiger partial charge in [-0.3, -0.25) is 4.98 Å². The summed E-state index contributed by atoms with van der Waals surface area (Å²) in [6, 6.07) is 2.11. The second kappa shape index (κ2) is 6.23. The van der Waals surface area contributed by atoms with Crippen LogP contribution < -0.4 is 5.32 Å². The van der Waals surface area contributed by atoms with Crippen LogP contribution in [0.2, 0.25) is 0 Å². The fourth-order valence-corrected chi connectivity index (χ4v) is 1.80. The van der Waals surface area contributed by atoms with Crippen LogP contribution in [-0.4, -0.2) is 22.1 Å². The molecule has 1 aromatic rings. The highest BCUT2D eigenvalue weighted by molar-refractivity contribution is 5.93. The van der Waals surface area contributed by atoms with Gasteiger partial charge in [-0.2, -0.15) is 0 Å². The van der Waals surface area contributed by atoms with Gasteiger partial charge in [0.25, 0.3) is 0 Å². The summed E-state index contributed by atoms with van der Waals surface area (Å²) in [7, 11) is 0. The summed E-state index contributed by atoms with van der Waals surface area (Å²) in [5.41, 5.74) is 1.74. The number of carbonyl (C=O) groups is 1. The normalized spacial score (nSPS) is 12.2. The number of aromatic nitrogens is 1. The Balaban J connectivity index is 2.94. The number of carboxylic acid groups (broad SMARTS) is 1. The molecule has 17 heavy (non-hydrogen) atoms. The van der Waals surface area contributed by atoms with Crippen molar-refractivity contribution in [3.63, 3.8) is 0 Å². The molecule has 0 aliphatic rings. The molecule has 1 aromatic heterocycles. The molecule has 2 N–H and O–H groups in total. The Hall–Kier alpha value is -1.58. The molecule has 0 aromatic carbocycles. The SMILES string of the molecule is CCCC(CC)Nc1cc(C)ncc1C(=O)O. The van der Waals surface area contributed by atoms with E-state index in [1.165, 1.54) is 6.20 Å². The molecule has 4 heteroatoms. The molecule has 0 bridgehead atoms. The van der Waals surface area contributed by atoms with E-state index >= 15 is 0 Å². The van der Waals surface area contributed by atoms with Gasteiger partial charge in [0.2, 0.25) is 0 Å². The molecule has 0 aliphatic carbocycles. The summed E-state index contributed by atoms with van der Waals surface area (Å²) in [5, 5.41) is 12.4. The van der Waals surface area contributed by atoms with E-state index in [-0.39, 0.29) is 5.56 Å². The Morgan fingerprint density at radius 3 is 2.76 bits per heavy atom. The number of carboxylic acids is 1. The third-order valence-electron chi connectivity index (χ3n) is 2.76. The summed E-state index contributed by atoms with van der Waals surface area (Å²) in [4.78, 5) is 15.1. The van der Waals surface area contributed by atoms with Crippen LogP contribution in [0.1, 0.15) is 49.2 Å². The zero-order valence-electron chi connectivity index (χ0n) is 10.7. The number of anilines is 1. The number of nitrogens with zero attached hydrogens (tertiary/aromatic N) is 1. The van der Waals surface area contributed by atoms with E-state index in [0.717, 1.165) is 25.0 Å². The highest BCUT2D eigenvalue weighted by Gasteiger charge is 2.13. The summed E-state index contributed by atoms with van der Waals surface area (Å²) >= 11 is 0. The first-order valence-electron chi connectivity index (χ1n) is 6.04. The predicted molar refractivity (Wildman–Crippen MR) is 68.5 cm³/mol. The van der Waals surface area contributed by atoms with Crippen molar-refractivity contribution in [3.05, 3.63) is 23.5 Å². The highest BCUT2D eigenvalue weighted by Crippen LogP contribution is 2.19. The minimum atomic E-state index is -0.939. The van der Waals surface area contributed by atoms with E-state index in [1.807, 2.05) is 6.92 Å². The first-order chi connectivity index (χ1) is 8.08. The smallest absolute Gasteiger partial charge is 0.339 e. The zero-order valence-corrected chi connectivity index (χ0v) is 10.7. The van der Waals surface area contributed by atoms with Gasteiger partial charge in [0, 0.05) is 17.9 Å². The summed E-state index contributed by atoms with van der Waals surface area (Å²) in [5.74, 6) is -0.939. The van der Waals surface area contributed by atoms with Crippen LogP contribution >= 0.6 is 0 Å².